The van der Waals surface area contributed by atoms with E-state index < -0.39 is 154 Å². The zero-order valence-electron chi connectivity index (χ0n) is 36.3. The summed E-state index contributed by atoms with van der Waals surface area (Å²) in [5, 5.41) is 71.5. The average Bonchev–Trinajstić information content (AvgIpc) is 3.27. The molecule has 0 radical (unpaired) electrons. The minimum absolute atomic E-state index is 0.00138. The van der Waals surface area contributed by atoms with Crippen LogP contribution in [-0.2, 0) is 47.5 Å². The lowest BCUT2D eigenvalue weighted by molar-refractivity contribution is -0.323. The Balaban J connectivity index is 1.52. The first-order chi connectivity index (χ1) is 30.8. The number of phenolic OH excluding ortho intramolecular Hbond substituents is 3. The van der Waals surface area contributed by atoms with Crippen LogP contribution < -0.4 is 10.1 Å². The van der Waals surface area contributed by atoms with Gasteiger partial charge in [0.25, 0.3) is 12.2 Å². The summed E-state index contributed by atoms with van der Waals surface area (Å²) < 4.78 is 43.1. The van der Waals surface area contributed by atoms with Crippen molar-refractivity contribution in [1.29, 1.82) is 0 Å². The van der Waals surface area contributed by atoms with Gasteiger partial charge in [0.15, 0.2) is 23.9 Å². The molecule has 0 aromatic heterocycles. The van der Waals surface area contributed by atoms with Gasteiger partial charge in [-0.05, 0) is 56.8 Å². The number of carbonyl (C=O) groups is 6. The number of hydrogen-bond acceptors (Lipinski definition) is 21. The third-order valence-corrected chi connectivity index (χ3v) is 11.4. The van der Waals surface area contributed by atoms with E-state index in [-0.39, 0.29) is 28.0 Å². The third-order valence-electron chi connectivity index (χ3n) is 11.4. The molecule has 1 amide bonds. The Kier molecular flexibility index (Phi) is 14.2. The molecular weight excluding hydrogens is 864 g/mol. The highest BCUT2D eigenvalue weighted by molar-refractivity contribution is 6.31. The number of hydrogen-bond donors (Lipinski definition) is 7. The van der Waals surface area contributed by atoms with Crippen LogP contribution in [0.4, 0.5) is 0 Å². The third kappa shape index (κ3) is 8.57. The number of rotatable bonds is 14. The van der Waals surface area contributed by atoms with Crippen LogP contribution >= 0.6 is 0 Å². The fourth-order valence-electron chi connectivity index (χ4n) is 8.37. The molecule has 22 nitrogen and oxygen atoms in total. The molecule has 0 spiro atoms. The highest BCUT2D eigenvalue weighted by atomic mass is 16.7. The molecule has 65 heavy (non-hydrogen) atoms. The predicted molar refractivity (Wildman–Crippen MR) is 217 cm³/mol. The maximum absolute atomic E-state index is 14.2. The number of benzene rings is 3. The molecule has 2 aliphatic carbocycles. The SMILES string of the molecule is COC(=O)COC(OC1[C@@H](N(C)C)C(C)O[C@@H](O[C@@H]2c3cc(C)c(C(=O)N[C@H](CO)C(=O)OC)c(O)c3-c3c(cc4c(c3O)C(=O)c3cc(OC)cc(O)c3C4=O)[C@@H]2O)[C@@H]1O)C(=O)OC. The van der Waals surface area contributed by atoms with Gasteiger partial charge in [-0.15, -0.1) is 0 Å². The molecule has 22 heteroatoms. The average molecular weight is 913 g/mol. The van der Waals surface area contributed by atoms with Crippen LogP contribution in [0.25, 0.3) is 11.1 Å². The molecule has 0 bridgehead atoms. The lowest BCUT2D eigenvalue weighted by atomic mass is 9.74. The van der Waals surface area contributed by atoms with Gasteiger partial charge in [-0.2, -0.15) is 0 Å². The number of aliphatic hydroxyl groups excluding tert-OH is 3. The summed E-state index contributed by atoms with van der Waals surface area (Å²) in [4.78, 5) is 80.8. The van der Waals surface area contributed by atoms with Crippen LogP contribution in [-0.4, -0.2) is 170 Å². The minimum atomic E-state index is -1.94. The van der Waals surface area contributed by atoms with Crippen molar-refractivity contribution < 1.29 is 97.3 Å². The van der Waals surface area contributed by atoms with Gasteiger partial charge < -0.3 is 78.8 Å². The van der Waals surface area contributed by atoms with Crippen LogP contribution in [0.5, 0.6) is 23.0 Å². The highest BCUT2D eigenvalue weighted by Crippen LogP contribution is 2.57. The van der Waals surface area contributed by atoms with Crippen molar-refractivity contribution in [3.63, 3.8) is 0 Å². The normalized spacial score (nSPS) is 23.0. The van der Waals surface area contributed by atoms with Gasteiger partial charge in [0.1, 0.15) is 54.0 Å². The van der Waals surface area contributed by atoms with Crippen molar-refractivity contribution >= 4 is 35.4 Å². The maximum Gasteiger partial charge on any atom is 0.363 e. The summed E-state index contributed by atoms with van der Waals surface area (Å²) >= 11 is 0. The van der Waals surface area contributed by atoms with Crippen molar-refractivity contribution in [1.82, 2.24) is 10.2 Å². The summed E-state index contributed by atoms with van der Waals surface area (Å²) in [5.74, 6) is -8.43. The molecule has 3 aromatic rings. The van der Waals surface area contributed by atoms with Crippen molar-refractivity contribution in [2.75, 3.05) is 55.7 Å². The molecule has 3 aromatic carbocycles. The number of fused-ring (bicyclic) bond motifs is 5. The number of aryl methyl sites for hydroxylation is 1. The molecule has 6 rings (SSSR count). The molecule has 3 unspecified atom stereocenters. The first-order valence-corrected chi connectivity index (χ1v) is 19.8. The van der Waals surface area contributed by atoms with E-state index in [0.29, 0.717) is 0 Å². The largest absolute Gasteiger partial charge is 0.507 e. The number of aromatic hydroxyl groups is 3. The van der Waals surface area contributed by atoms with Gasteiger partial charge in [0.2, 0.25) is 0 Å². The summed E-state index contributed by atoms with van der Waals surface area (Å²) in [7, 11) is 7.64. The van der Waals surface area contributed by atoms with E-state index in [1.807, 2.05) is 0 Å². The van der Waals surface area contributed by atoms with E-state index in [2.05, 4.69) is 14.8 Å². The summed E-state index contributed by atoms with van der Waals surface area (Å²) in [5.41, 5.74) is -3.70. The molecule has 350 valence electrons. The van der Waals surface area contributed by atoms with E-state index in [4.69, 9.17) is 28.4 Å². The fraction of sp³-hybridized carbons (Fsp3) is 0.442. The fourth-order valence-corrected chi connectivity index (χ4v) is 8.37. The lowest BCUT2D eigenvalue weighted by Gasteiger charge is -2.47. The van der Waals surface area contributed by atoms with Crippen LogP contribution in [0.15, 0.2) is 24.3 Å². The Morgan fingerprint density at radius 3 is 2.06 bits per heavy atom. The Morgan fingerprint density at radius 2 is 1.46 bits per heavy atom. The molecule has 1 fully saturated rings. The predicted octanol–water partition coefficient (Wildman–Crippen LogP) is 0.0410. The lowest BCUT2D eigenvalue weighted by Crippen LogP contribution is -2.64. The molecule has 7 N–H and O–H groups in total. The van der Waals surface area contributed by atoms with Gasteiger partial charge in [-0.1, -0.05) is 6.07 Å². The number of ketones is 2. The summed E-state index contributed by atoms with van der Waals surface area (Å²) in [6.45, 7) is 1.29. The molecule has 1 saturated heterocycles. The number of ether oxygens (including phenoxy) is 8. The van der Waals surface area contributed by atoms with Crippen molar-refractivity contribution in [2.45, 2.75) is 69.0 Å². The number of amides is 1. The number of nitrogens with one attached hydrogen (secondary N) is 1. The molecule has 9 atom stereocenters. The first-order valence-electron chi connectivity index (χ1n) is 19.8. The van der Waals surface area contributed by atoms with Crippen LogP contribution in [0.3, 0.4) is 0 Å². The second kappa shape index (κ2) is 19.1. The van der Waals surface area contributed by atoms with Gasteiger partial charge >= 0.3 is 17.9 Å². The van der Waals surface area contributed by atoms with E-state index in [1.54, 1.807) is 25.9 Å². The van der Waals surface area contributed by atoms with E-state index in [9.17, 15) is 59.4 Å². The highest BCUT2D eigenvalue weighted by Gasteiger charge is 2.51. The Bertz CT molecular complexity index is 2430. The maximum atomic E-state index is 14.2. The number of nitrogens with zero attached hydrogens (tertiary/aromatic N) is 1. The van der Waals surface area contributed by atoms with Crippen molar-refractivity contribution in [3.8, 4) is 34.1 Å². The number of methoxy groups -OCH3 is 4. The van der Waals surface area contributed by atoms with E-state index in [1.165, 1.54) is 26.2 Å². The van der Waals surface area contributed by atoms with Crippen molar-refractivity contribution in [2.24, 2.45) is 0 Å². The van der Waals surface area contributed by atoms with E-state index in [0.717, 1.165) is 33.5 Å². The monoisotopic (exact) mass is 912 g/mol. The summed E-state index contributed by atoms with van der Waals surface area (Å²) in [6.07, 6.45) is -11.5. The van der Waals surface area contributed by atoms with Crippen molar-refractivity contribution in [3.05, 3.63) is 68.8 Å². The van der Waals surface area contributed by atoms with Gasteiger partial charge in [-0.3, -0.25) is 14.4 Å². The quantitative estimate of drug-likeness (QED) is 0.0499. The standard InChI is InChI=1S/C43H48N2O20/c1-15-9-21-28(34(52)25(15)39(55)44-22(13-46)40(56)60-7)27-19(12-20-29(35(27)53)32(50)18-10-17(58-5)11-23(47)26(18)31(20)49)33(51)37(21)64-42-36(54)38(30(45(3)4)16(2)63-42)65-43(41(57)61-8)62-14-24(48)59-6/h9-12,16,22,30,33,36-38,42-43,46-47,51-54H,13-14H2,1-8H3,(H,44,55)/t16?,22-,30+,33+,36-,37-,38?,42+,43?/m1/s1. The summed E-state index contributed by atoms with van der Waals surface area (Å²) in [6, 6.07) is 2.16. The second-order valence-electron chi connectivity index (χ2n) is 15.5. The minimum Gasteiger partial charge on any atom is -0.507 e. The zero-order chi connectivity index (χ0) is 47.9. The number of carbonyl (C=O) groups excluding carboxylic acids is 6. The topological polar surface area (TPSA) is 313 Å². The first kappa shape index (κ1) is 48.2. The number of esters is 3. The zero-order valence-corrected chi connectivity index (χ0v) is 36.3. The number of likely N-dealkylation sites (N-methyl/N-ethyl adjacent to an activating group) is 1. The molecular formula is C43H48N2O20. The van der Waals surface area contributed by atoms with Gasteiger partial charge in [-0.25, -0.2) is 14.4 Å². The Morgan fingerprint density at radius 1 is 0.831 bits per heavy atom. The van der Waals surface area contributed by atoms with Gasteiger partial charge in [0, 0.05) is 28.3 Å². The van der Waals surface area contributed by atoms with Crippen LogP contribution in [0, 0.1) is 6.92 Å². The Labute approximate surface area is 370 Å². The van der Waals surface area contributed by atoms with Crippen LogP contribution in [0.1, 0.15) is 78.0 Å². The van der Waals surface area contributed by atoms with E-state index >= 15 is 0 Å². The molecule has 0 saturated carbocycles. The smallest absolute Gasteiger partial charge is 0.363 e. The van der Waals surface area contributed by atoms with Gasteiger partial charge in [0.05, 0.1) is 63.9 Å². The Hall–Kier alpha value is -6.24. The number of phenols is 3. The molecule has 3 aliphatic rings. The van der Waals surface area contributed by atoms with Crippen LogP contribution in [0.2, 0.25) is 0 Å². The molecule has 1 heterocycles. The second-order valence-corrected chi connectivity index (χ2v) is 15.5. The number of aliphatic hydroxyl groups is 3. The molecule has 1 aliphatic heterocycles.